The van der Waals surface area contributed by atoms with Gasteiger partial charge in [-0.2, -0.15) is 0 Å². The lowest BCUT2D eigenvalue weighted by Crippen LogP contribution is -2.36. The van der Waals surface area contributed by atoms with E-state index in [1.165, 1.54) is 0 Å². The van der Waals surface area contributed by atoms with E-state index in [9.17, 15) is 4.79 Å². The molecule has 1 unspecified atom stereocenters. The Kier molecular flexibility index (Phi) is 6.62. The monoisotopic (exact) mass is 510 g/mol. The molecule has 2 aliphatic rings. The molecule has 1 heterocycles. The zero-order valence-electron chi connectivity index (χ0n) is 26.4. The molecule has 35 heavy (non-hydrogen) atoms. The zero-order valence-corrected chi connectivity index (χ0v) is 21.2. The predicted molar refractivity (Wildman–Crippen MR) is 139 cm³/mol. The van der Waals surface area contributed by atoms with Crippen molar-refractivity contribution < 1.29 is 32.0 Å². The molecule has 0 fully saturated rings. The second-order valence-electron chi connectivity index (χ2n) is 9.00. The van der Waals surface area contributed by atoms with Gasteiger partial charge in [0.15, 0.2) is 23.0 Å². The fourth-order valence-electron chi connectivity index (χ4n) is 4.99. The molecule has 1 atom stereocenters. The van der Waals surface area contributed by atoms with Crippen LogP contribution in [0.2, 0.25) is 0 Å². The van der Waals surface area contributed by atoms with Crippen LogP contribution in [0, 0.1) is 0 Å². The molecule has 0 saturated carbocycles. The van der Waals surface area contributed by atoms with Gasteiger partial charge in [0, 0.05) is 25.6 Å². The standard InChI is InChI=1S/C27H36N2O5.ClH/c1-28(17-21-11-20-14-25(33-4)26(34-5)16-22(20)21)8-6-9-29-10-7-18-12-23(31-2)24(32-3)13-19(18)15-27(29)30;/h12-14,16,21H,6-11,15,17H2,1-5H3;1H/i4D3,5D3;. The molecule has 2 aromatic rings. The van der Waals surface area contributed by atoms with Gasteiger partial charge in [-0.3, -0.25) is 4.79 Å². The molecule has 0 aromatic heterocycles. The summed E-state index contributed by atoms with van der Waals surface area (Å²) in [5.41, 5.74) is 3.91. The summed E-state index contributed by atoms with van der Waals surface area (Å²) in [6.07, 6.45) is 2.62. The molecule has 0 saturated heterocycles. The number of carbonyl (C=O) groups is 1. The van der Waals surface area contributed by atoms with Crippen LogP contribution in [-0.2, 0) is 24.1 Å². The Balaban J connectivity index is 0.00000462. The Morgan fingerprint density at radius 2 is 1.60 bits per heavy atom. The third-order valence-electron chi connectivity index (χ3n) is 6.88. The van der Waals surface area contributed by atoms with Gasteiger partial charge in [0.05, 0.1) is 42.9 Å². The number of amides is 1. The van der Waals surface area contributed by atoms with E-state index in [4.69, 9.17) is 27.2 Å². The molecule has 0 bridgehead atoms. The van der Waals surface area contributed by atoms with Crippen molar-refractivity contribution in [1.29, 1.82) is 0 Å². The number of benzene rings is 2. The summed E-state index contributed by atoms with van der Waals surface area (Å²) in [5.74, 6) is 1.35. The van der Waals surface area contributed by atoms with Gasteiger partial charge in [-0.05, 0) is 79.4 Å². The molecule has 1 aliphatic carbocycles. The Morgan fingerprint density at radius 1 is 0.971 bits per heavy atom. The van der Waals surface area contributed by atoms with Crippen LogP contribution in [-0.4, -0.2) is 77.2 Å². The van der Waals surface area contributed by atoms with Crippen molar-refractivity contribution in [1.82, 2.24) is 9.80 Å². The summed E-state index contributed by atoms with van der Waals surface area (Å²) in [7, 11) is -0.247. The highest BCUT2D eigenvalue weighted by molar-refractivity contribution is 5.85. The lowest BCUT2D eigenvalue weighted by Gasteiger charge is -2.34. The average Bonchev–Trinajstić information content (AvgIpc) is 2.99. The minimum atomic E-state index is -2.73. The van der Waals surface area contributed by atoms with Crippen LogP contribution < -0.4 is 18.9 Å². The van der Waals surface area contributed by atoms with Crippen LogP contribution in [0.1, 0.15) is 42.8 Å². The smallest absolute Gasteiger partial charge is 0.227 e. The van der Waals surface area contributed by atoms with E-state index < -0.39 is 14.1 Å². The van der Waals surface area contributed by atoms with Crippen molar-refractivity contribution in [3.05, 3.63) is 46.5 Å². The van der Waals surface area contributed by atoms with Gasteiger partial charge in [-0.1, -0.05) is 0 Å². The first-order valence-corrected chi connectivity index (χ1v) is 11.5. The zero-order chi connectivity index (χ0) is 29.2. The second kappa shape index (κ2) is 11.9. The minimum absolute atomic E-state index is 0. The van der Waals surface area contributed by atoms with Crippen LogP contribution >= 0.6 is 12.4 Å². The van der Waals surface area contributed by atoms with E-state index in [0.717, 1.165) is 54.6 Å². The second-order valence-corrected chi connectivity index (χ2v) is 9.00. The third kappa shape index (κ3) is 5.78. The Bertz CT molecular complexity index is 1240. The molecule has 1 amide bonds. The number of likely N-dealkylation sites (N-methyl/N-ethyl adjacent to an activating group) is 1. The molecule has 0 radical (unpaired) electrons. The van der Waals surface area contributed by atoms with E-state index in [-0.39, 0.29) is 35.7 Å². The normalized spacial score (nSPS) is 19.7. The van der Waals surface area contributed by atoms with Gasteiger partial charge in [-0.25, -0.2) is 0 Å². The number of hydrogen-bond acceptors (Lipinski definition) is 6. The van der Waals surface area contributed by atoms with Crippen LogP contribution in [0.3, 0.4) is 0 Å². The highest BCUT2D eigenvalue weighted by Crippen LogP contribution is 2.42. The number of nitrogens with zero attached hydrogens (tertiary/aromatic N) is 2. The number of ether oxygens (including phenoxy) is 4. The highest BCUT2D eigenvalue weighted by Gasteiger charge is 2.29. The first kappa shape index (κ1) is 19.5. The van der Waals surface area contributed by atoms with Crippen molar-refractivity contribution in [2.45, 2.75) is 31.6 Å². The number of rotatable bonds is 10. The van der Waals surface area contributed by atoms with Crippen LogP contribution in [0.4, 0.5) is 0 Å². The quantitative estimate of drug-likeness (QED) is 0.485. The average molecular weight is 511 g/mol. The van der Waals surface area contributed by atoms with Crippen LogP contribution in [0.15, 0.2) is 24.3 Å². The Labute approximate surface area is 223 Å². The molecule has 0 N–H and O–H groups in total. The molecule has 0 spiro atoms. The Morgan fingerprint density at radius 3 is 2.29 bits per heavy atom. The van der Waals surface area contributed by atoms with Gasteiger partial charge in [0.2, 0.25) is 5.91 Å². The van der Waals surface area contributed by atoms with Crippen LogP contribution in [0.25, 0.3) is 0 Å². The summed E-state index contributed by atoms with van der Waals surface area (Å²) < 4.78 is 65.3. The minimum Gasteiger partial charge on any atom is -0.493 e. The lowest BCUT2D eigenvalue weighted by atomic mass is 9.77. The topological polar surface area (TPSA) is 60.5 Å². The number of hydrogen-bond donors (Lipinski definition) is 0. The maximum Gasteiger partial charge on any atom is 0.227 e. The summed E-state index contributed by atoms with van der Waals surface area (Å²) in [5, 5.41) is 0. The van der Waals surface area contributed by atoms with Gasteiger partial charge < -0.3 is 28.7 Å². The number of methoxy groups -OCH3 is 4. The summed E-state index contributed by atoms with van der Waals surface area (Å²) in [6, 6.07) is 7.00. The Hall–Kier alpha value is -2.64. The molecule has 2 aromatic carbocycles. The van der Waals surface area contributed by atoms with Gasteiger partial charge in [0.1, 0.15) is 0 Å². The molecule has 7 nitrogen and oxygen atoms in total. The van der Waals surface area contributed by atoms with E-state index in [1.54, 1.807) is 26.4 Å². The molecule has 1 aliphatic heterocycles. The molecule has 192 valence electrons. The van der Waals surface area contributed by atoms with Crippen LogP contribution in [0.5, 0.6) is 23.0 Å². The van der Waals surface area contributed by atoms with Gasteiger partial charge >= 0.3 is 0 Å². The third-order valence-corrected chi connectivity index (χ3v) is 6.88. The number of carbonyl (C=O) groups excluding carboxylic acids is 1. The maximum absolute atomic E-state index is 13.0. The maximum atomic E-state index is 13.0. The lowest BCUT2D eigenvalue weighted by molar-refractivity contribution is -0.130. The summed E-state index contributed by atoms with van der Waals surface area (Å²) in [4.78, 5) is 17.1. The van der Waals surface area contributed by atoms with E-state index in [1.807, 2.05) is 24.1 Å². The molecular formula is C27H37ClN2O5. The van der Waals surface area contributed by atoms with Crippen molar-refractivity contribution in [2.75, 3.05) is 61.5 Å². The predicted octanol–water partition coefficient (Wildman–Crippen LogP) is 3.73. The van der Waals surface area contributed by atoms with Crippen molar-refractivity contribution in [3.8, 4) is 23.0 Å². The van der Waals surface area contributed by atoms with E-state index in [0.29, 0.717) is 31.0 Å². The SMILES string of the molecule is Cl.[2H]C([2H])([2H])Oc1cc2c(cc1OC([2H])([2H])[2H])C(CN(C)CCCN1CCc3cc(OC)c(OC)cc3CC1=O)C2. The van der Waals surface area contributed by atoms with Crippen molar-refractivity contribution in [3.63, 3.8) is 0 Å². The highest BCUT2D eigenvalue weighted by atomic mass is 35.5. The first-order valence-electron chi connectivity index (χ1n) is 14.5. The molecule has 8 heteroatoms. The summed E-state index contributed by atoms with van der Waals surface area (Å²) >= 11 is 0. The molecular weight excluding hydrogens is 468 g/mol. The van der Waals surface area contributed by atoms with Crippen molar-refractivity contribution in [2.24, 2.45) is 0 Å². The fourth-order valence-corrected chi connectivity index (χ4v) is 4.99. The molecule has 4 rings (SSSR count). The van der Waals surface area contributed by atoms with Crippen molar-refractivity contribution >= 4 is 18.3 Å². The van der Waals surface area contributed by atoms with Gasteiger partial charge in [0.25, 0.3) is 0 Å². The van der Waals surface area contributed by atoms with Gasteiger partial charge in [-0.15, -0.1) is 12.4 Å². The first-order chi connectivity index (χ1) is 18.8. The fraction of sp³-hybridized carbons (Fsp3) is 0.519. The van der Waals surface area contributed by atoms with E-state index in [2.05, 4.69) is 4.90 Å². The largest absolute Gasteiger partial charge is 0.493 e. The summed E-state index contributed by atoms with van der Waals surface area (Å²) in [6.45, 7) is 2.81. The van der Waals surface area contributed by atoms with E-state index >= 15 is 0 Å². The number of halogens is 1. The number of fused-ring (bicyclic) bond motifs is 2.